The minimum absolute atomic E-state index is 0.0195. The fourth-order valence-electron chi connectivity index (χ4n) is 2.10. The molecule has 0 aliphatic carbocycles. The van der Waals surface area contributed by atoms with Crippen molar-refractivity contribution in [3.63, 3.8) is 0 Å². The number of thiophene rings is 1. The van der Waals surface area contributed by atoms with Crippen molar-refractivity contribution in [3.8, 4) is 5.75 Å². The van der Waals surface area contributed by atoms with Gasteiger partial charge in [-0.25, -0.2) is 13.1 Å². The molecule has 0 unspecified atom stereocenters. The van der Waals surface area contributed by atoms with E-state index in [1.165, 1.54) is 30.6 Å². The van der Waals surface area contributed by atoms with E-state index < -0.39 is 22.0 Å². The molecule has 0 bridgehead atoms. The lowest BCUT2D eigenvalue weighted by molar-refractivity contribution is -0.122. The Morgan fingerprint density at radius 2 is 1.85 bits per heavy atom. The predicted molar refractivity (Wildman–Crippen MR) is 102 cm³/mol. The first kappa shape index (κ1) is 20.9. The Labute approximate surface area is 162 Å². The zero-order valence-corrected chi connectivity index (χ0v) is 16.5. The lowest BCUT2D eigenvalue weighted by atomic mass is 10.3. The molecule has 27 heavy (non-hydrogen) atoms. The van der Waals surface area contributed by atoms with Crippen LogP contribution >= 0.6 is 11.3 Å². The Kier molecular flexibility index (Phi) is 7.34. The highest BCUT2D eigenvalue weighted by atomic mass is 32.2. The van der Waals surface area contributed by atoms with E-state index in [2.05, 4.69) is 15.4 Å². The Hall–Kier alpha value is -2.43. The van der Waals surface area contributed by atoms with Gasteiger partial charge in [-0.1, -0.05) is 6.07 Å². The smallest absolute Gasteiger partial charge is 0.261 e. The highest BCUT2D eigenvalue weighted by molar-refractivity contribution is 7.89. The van der Waals surface area contributed by atoms with Crippen molar-refractivity contribution < 1.29 is 22.7 Å². The van der Waals surface area contributed by atoms with Gasteiger partial charge >= 0.3 is 0 Å². The van der Waals surface area contributed by atoms with Crippen LogP contribution in [-0.2, 0) is 14.8 Å². The van der Waals surface area contributed by atoms with Gasteiger partial charge in [0.1, 0.15) is 11.8 Å². The second kappa shape index (κ2) is 9.49. The summed E-state index contributed by atoms with van der Waals surface area (Å²) < 4.78 is 31.7. The summed E-state index contributed by atoms with van der Waals surface area (Å²) in [6.45, 7) is 1.67. The molecule has 1 aromatic carbocycles. The zero-order valence-electron chi connectivity index (χ0n) is 14.9. The standard InChI is InChI=1S/C17H21N3O5S2/c1-12(20-17(22)15-4-3-11-26-15)16(21)18-9-10-19-27(23,24)14-7-5-13(25-2)6-8-14/h3-8,11-12,19H,9-10H2,1-2H3,(H,18,21)(H,20,22)/t12-/m0/s1. The van der Waals surface area contributed by atoms with Crippen LogP contribution in [0.2, 0.25) is 0 Å². The van der Waals surface area contributed by atoms with Gasteiger partial charge in [-0.05, 0) is 42.6 Å². The molecule has 1 atom stereocenters. The maximum absolute atomic E-state index is 12.2. The number of hydrogen-bond acceptors (Lipinski definition) is 6. The monoisotopic (exact) mass is 411 g/mol. The highest BCUT2D eigenvalue weighted by Gasteiger charge is 2.17. The molecule has 0 aliphatic rings. The van der Waals surface area contributed by atoms with Crippen molar-refractivity contribution in [1.82, 2.24) is 15.4 Å². The SMILES string of the molecule is COc1ccc(S(=O)(=O)NCCNC(=O)[C@H](C)NC(=O)c2cccs2)cc1. The van der Waals surface area contributed by atoms with Gasteiger partial charge in [0, 0.05) is 13.1 Å². The van der Waals surface area contributed by atoms with Crippen molar-refractivity contribution in [2.24, 2.45) is 0 Å². The summed E-state index contributed by atoms with van der Waals surface area (Å²) in [6, 6.07) is 8.64. The summed E-state index contributed by atoms with van der Waals surface area (Å²) in [5.41, 5.74) is 0. The fourth-order valence-corrected chi connectivity index (χ4v) is 3.76. The normalized spacial score (nSPS) is 12.2. The third kappa shape index (κ3) is 6.05. The first-order valence-corrected chi connectivity index (χ1v) is 10.5. The molecular weight excluding hydrogens is 390 g/mol. The van der Waals surface area contributed by atoms with Crippen molar-refractivity contribution >= 4 is 33.2 Å². The second-order valence-electron chi connectivity index (χ2n) is 5.54. The second-order valence-corrected chi connectivity index (χ2v) is 8.25. The Morgan fingerprint density at radius 3 is 2.44 bits per heavy atom. The molecule has 8 nitrogen and oxygen atoms in total. The molecule has 3 N–H and O–H groups in total. The van der Waals surface area contributed by atoms with Crippen LogP contribution in [0.3, 0.4) is 0 Å². The third-order valence-electron chi connectivity index (χ3n) is 3.57. The number of sulfonamides is 1. The van der Waals surface area contributed by atoms with Crippen LogP contribution in [0, 0.1) is 0 Å². The van der Waals surface area contributed by atoms with E-state index in [0.29, 0.717) is 10.6 Å². The number of hydrogen-bond donors (Lipinski definition) is 3. The van der Waals surface area contributed by atoms with E-state index in [-0.39, 0.29) is 23.9 Å². The van der Waals surface area contributed by atoms with Crippen LogP contribution in [0.5, 0.6) is 5.75 Å². The quantitative estimate of drug-likeness (QED) is 0.532. The first-order chi connectivity index (χ1) is 12.8. The van der Waals surface area contributed by atoms with Crippen LogP contribution in [0.15, 0.2) is 46.7 Å². The van der Waals surface area contributed by atoms with Crippen molar-refractivity contribution in [2.45, 2.75) is 17.9 Å². The minimum atomic E-state index is -3.68. The zero-order chi connectivity index (χ0) is 19.9. The molecule has 0 saturated carbocycles. The number of rotatable bonds is 9. The van der Waals surface area contributed by atoms with Gasteiger partial charge in [-0.3, -0.25) is 9.59 Å². The molecule has 0 spiro atoms. The molecule has 10 heteroatoms. The summed E-state index contributed by atoms with van der Waals surface area (Å²) >= 11 is 1.28. The molecule has 0 radical (unpaired) electrons. The van der Waals surface area contributed by atoms with Crippen LogP contribution in [0.25, 0.3) is 0 Å². The van der Waals surface area contributed by atoms with Gasteiger partial charge in [0.15, 0.2) is 0 Å². The van der Waals surface area contributed by atoms with Gasteiger partial charge in [-0.15, -0.1) is 11.3 Å². The lowest BCUT2D eigenvalue weighted by Crippen LogP contribution is -2.46. The molecule has 0 fully saturated rings. The molecule has 2 amide bonds. The molecule has 2 aromatic rings. The maximum Gasteiger partial charge on any atom is 0.261 e. The fraction of sp³-hybridized carbons (Fsp3) is 0.294. The molecule has 1 heterocycles. The number of amides is 2. The largest absolute Gasteiger partial charge is 0.497 e. The lowest BCUT2D eigenvalue weighted by Gasteiger charge is -2.14. The number of ether oxygens (including phenoxy) is 1. The first-order valence-electron chi connectivity index (χ1n) is 8.09. The number of methoxy groups -OCH3 is 1. The van der Waals surface area contributed by atoms with E-state index in [4.69, 9.17) is 4.74 Å². The summed E-state index contributed by atoms with van der Waals surface area (Å²) in [5, 5.41) is 6.94. The minimum Gasteiger partial charge on any atom is -0.497 e. The number of carbonyl (C=O) groups is 2. The van der Waals surface area contributed by atoms with Crippen LogP contribution in [-0.4, -0.2) is 46.5 Å². The number of nitrogens with one attached hydrogen (secondary N) is 3. The summed E-state index contributed by atoms with van der Waals surface area (Å²) in [4.78, 5) is 24.5. The van der Waals surface area contributed by atoms with E-state index in [9.17, 15) is 18.0 Å². The van der Waals surface area contributed by atoms with Gasteiger partial charge in [0.25, 0.3) is 5.91 Å². The molecule has 2 rings (SSSR count). The summed E-state index contributed by atoms with van der Waals surface area (Å²) in [7, 11) is -2.18. The van der Waals surface area contributed by atoms with Gasteiger partial charge in [0.05, 0.1) is 16.9 Å². The molecule has 0 aliphatic heterocycles. The van der Waals surface area contributed by atoms with E-state index >= 15 is 0 Å². The average molecular weight is 412 g/mol. The van der Waals surface area contributed by atoms with Crippen molar-refractivity contribution in [2.75, 3.05) is 20.2 Å². The van der Waals surface area contributed by atoms with Crippen LogP contribution in [0.1, 0.15) is 16.6 Å². The van der Waals surface area contributed by atoms with E-state index in [0.717, 1.165) is 0 Å². The highest BCUT2D eigenvalue weighted by Crippen LogP contribution is 2.15. The van der Waals surface area contributed by atoms with Crippen LogP contribution < -0.4 is 20.1 Å². The van der Waals surface area contributed by atoms with Crippen LogP contribution in [0.4, 0.5) is 0 Å². The summed E-state index contributed by atoms with van der Waals surface area (Å²) in [6.07, 6.45) is 0. The Balaban J connectivity index is 1.76. The molecule has 1 aromatic heterocycles. The topological polar surface area (TPSA) is 114 Å². The maximum atomic E-state index is 12.2. The predicted octanol–water partition coefficient (Wildman–Crippen LogP) is 0.970. The Morgan fingerprint density at radius 1 is 1.15 bits per heavy atom. The van der Waals surface area contributed by atoms with E-state index in [1.54, 1.807) is 36.6 Å². The molecule has 0 saturated heterocycles. The summed E-state index contributed by atoms with van der Waals surface area (Å²) in [5.74, 6) is -0.170. The Bertz CT molecular complexity index is 864. The average Bonchev–Trinajstić information content (AvgIpc) is 3.20. The number of carbonyl (C=O) groups excluding carboxylic acids is 2. The van der Waals surface area contributed by atoms with Crippen molar-refractivity contribution in [3.05, 3.63) is 46.7 Å². The van der Waals surface area contributed by atoms with Crippen molar-refractivity contribution in [1.29, 1.82) is 0 Å². The molecular formula is C17H21N3O5S2. The molecule has 146 valence electrons. The van der Waals surface area contributed by atoms with Gasteiger partial charge < -0.3 is 15.4 Å². The number of benzene rings is 1. The van der Waals surface area contributed by atoms with Gasteiger partial charge in [-0.2, -0.15) is 0 Å². The third-order valence-corrected chi connectivity index (χ3v) is 5.92. The van der Waals surface area contributed by atoms with Gasteiger partial charge in [0.2, 0.25) is 15.9 Å². The van der Waals surface area contributed by atoms with E-state index in [1.807, 2.05) is 0 Å².